The molecule has 0 atom stereocenters. The molecule has 0 aromatic carbocycles. The van der Waals surface area contributed by atoms with Crippen molar-refractivity contribution in [2.45, 2.75) is 32.6 Å². The molecule has 0 spiro atoms. The standard InChI is InChI=1S/C10H19N/c1-3-10-6-4-8-11(2)9-5-7-10/h6H,3-5,7-9H2,1-2H3/b10-6-. The van der Waals surface area contributed by atoms with E-state index in [1.165, 1.54) is 38.8 Å². The summed E-state index contributed by atoms with van der Waals surface area (Å²) >= 11 is 0. The van der Waals surface area contributed by atoms with Crippen LogP contribution in [0, 0.1) is 0 Å². The Bertz CT molecular complexity index is 138. The van der Waals surface area contributed by atoms with Crippen LogP contribution in [-0.4, -0.2) is 25.0 Å². The summed E-state index contributed by atoms with van der Waals surface area (Å²) in [6, 6.07) is 0. The average molecular weight is 153 g/mol. The predicted molar refractivity (Wildman–Crippen MR) is 49.7 cm³/mol. The van der Waals surface area contributed by atoms with E-state index in [1.54, 1.807) is 5.57 Å². The molecule has 1 aliphatic heterocycles. The zero-order valence-electron chi connectivity index (χ0n) is 7.77. The normalized spacial score (nSPS) is 26.9. The Morgan fingerprint density at radius 1 is 1.45 bits per heavy atom. The van der Waals surface area contributed by atoms with E-state index in [9.17, 15) is 0 Å². The third-order valence-electron chi connectivity index (χ3n) is 2.44. The van der Waals surface area contributed by atoms with Crippen molar-refractivity contribution in [3.63, 3.8) is 0 Å². The van der Waals surface area contributed by atoms with E-state index in [2.05, 4.69) is 24.9 Å². The highest BCUT2D eigenvalue weighted by atomic mass is 15.1. The molecular weight excluding hydrogens is 134 g/mol. The van der Waals surface area contributed by atoms with E-state index in [4.69, 9.17) is 0 Å². The molecule has 0 aromatic rings. The lowest BCUT2D eigenvalue weighted by atomic mass is 10.0. The molecule has 1 nitrogen and oxygen atoms in total. The minimum Gasteiger partial charge on any atom is -0.306 e. The van der Waals surface area contributed by atoms with Gasteiger partial charge in [-0.3, -0.25) is 0 Å². The Kier molecular flexibility index (Phi) is 3.64. The number of hydrogen-bond donors (Lipinski definition) is 0. The number of rotatable bonds is 1. The van der Waals surface area contributed by atoms with Gasteiger partial charge in [0.1, 0.15) is 0 Å². The zero-order chi connectivity index (χ0) is 8.10. The Hall–Kier alpha value is -0.300. The van der Waals surface area contributed by atoms with Gasteiger partial charge < -0.3 is 4.90 Å². The summed E-state index contributed by atoms with van der Waals surface area (Å²) in [6.07, 6.45) is 7.59. The highest BCUT2D eigenvalue weighted by Gasteiger charge is 2.02. The van der Waals surface area contributed by atoms with Crippen LogP contribution in [0.2, 0.25) is 0 Å². The monoisotopic (exact) mass is 153 g/mol. The van der Waals surface area contributed by atoms with Gasteiger partial charge in [0.25, 0.3) is 0 Å². The maximum absolute atomic E-state index is 2.43. The highest BCUT2D eigenvalue weighted by Crippen LogP contribution is 2.13. The van der Waals surface area contributed by atoms with Crippen molar-refractivity contribution in [2.24, 2.45) is 0 Å². The summed E-state index contributed by atoms with van der Waals surface area (Å²) in [5.41, 5.74) is 1.66. The van der Waals surface area contributed by atoms with Gasteiger partial charge in [0.15, 0.2) is 0 Å². The van der Waals surface area contributed by atoms with E-state index in [0.29, 0.717) is 0 Å². The minimum absolute atomic E-state index is 1.24. The molecule has 0 amide bonds. The van der Waals surface area contributed by atoms with Crippen LogP contribution in [-0.2, 0) is 0 Å². The molecule has 0 unspecified atom stereocenters. The summed E-state index contributed by atoms with van der Waals surface area (Å²) in [5.74, 6) is 0. The van der Waals surface area contributed by atoms with E-state index in [0.717, 1.165) is 0 Å². The van der Waals surface area contributed by atoms with Crippen molar-refractivity contribution in [2.75, 3.05) is 20.1 Å². The third-order valence-corrected chi connectivity index (χ3v) is 2.44. The summed E-state index contributed by atoms with van der Waals surface area (Å²) in [6.45, 7) is 4.78. The fourth-order valence-electron chi connectivity index (χ4n) is 1.60. The maximum Gasteiger partial charge on any atom is 0.00130 e. The fourth-order valence-corrected chi connectivity index (χ4v) is 1.60. The van der Waals surface area contributed by atoms with Crippen molar-refractivity contribution in [3.05, 3.63) is 11.6 Å². The Morgan fingerprint density at radius 3 is 3.00 bits per heavy atom. The summed E-state index contributed by atoms with van der Waals surface area (Å²) in [5, 5.41) is 0. The molecule has 0 saturated heterocycles. The zero-order valence-corrected chi connectivity index (χ0v) is 7.77. The molecule has 1 rings (SSSR count). The number of hydrogen-bond acceptors (Lipinski definition) is 1. The minimum atomic E-state index is 1.24. The van der Waals surface area contributed by atoms with Crippen molar-refractivity contribution in [3.8, 4) is 0 Å². The van der Waals surface area contributed by atoms with Crippen molar-refractivity contribution < 1.29 is 0 Å². The van der Waals surface area contributed by atoms with Crippen LogP contribution in [0.15, 0.2) is 11.6 Å². The van der Waals surface area contributed by atoms with Gasteiger partial charge >= 0.3 is 0 Å². The van der Waals surface area contributed by atoms with Gasteiger partial charge in [0.2, 0.25) is 0 Å². The van der Waals surface area contributed by atoms with Crippen molar-refractivity contribution in [1.29, 1.82) is 0 Å². The molecule has 0 N–H and O–H groups in total. The lowest BCUT2D eigenvalue weighted by molar-refractivity contribution is 0.330. The third kappa shape index (κ3) is 3.06. The van der Waals surface area contributed by atoms with Gasteiger partial charge in [0.05, 0.1) is 0 Å². The Balaban J connectivity index is 2.40. The second-order valence-electron chi connectivity index (χ2n) is 3.41. The second kappa shape index (κ2) is 4.55. The molecule has 0 aromatic heterocycles. The first-order valence-electron chi connectivity index (χ1n) is 4.69. The first-order chi connectivity index (χ1) is 5.33. The molecule has 0 saturated carbocycles. The van der Waals surface area contributed by atoms with Crippen LogP contribution in [0.5, 0.6) is 0 Å². The molecule has 1 aliphatic rings. The van der Waals surface area contributed by atoms with Crippen molar-refractivity contribution >= 4 is 0 Å². The van der Waals surface area contributed by atoms with Crippen LogP contribution in [0.4, 0.5) is 0 Å². The van der Waals surface area contributed by atoms with Gasteiger partial charge in [0, 0.05) is 6.54 Å². The highest BCUT2D eigenvalue weighted by molar-refractivity contribution is 5.02. The molecule has 0 radical (unpaired) electrons. The predicted octanol–water partition coefficient (Wildman–Crippen LogP) is 2.44. The van der Waals surface area contributed by atoms with E-state index >= 15 is 0 Å². The van der Waals surface area contributed by atoms with Gasteiger partial charge in [-0.1, -0.05) is 18.6 Å². The van der Waals surface area contributed by atoms with Gasteiger partial charge in [-0.05, 0) is 39.3 Å². The van der Waals surface area contributed by atoms with Crippen LogP contribution < -0.4 is 0 Å². The molecule has 1 heterocycles. The van der Waals surface area contributed by atoms with E-state index < -0.39 is 0 Å². The summed E-state index contributed by atoms with van der Waals surface area (Å²) in [7, 11) is 2.21. The lowest BCUT2D eigenvalue weighted by Crippen LogP contribution is -2.21. The number of allylic oxidation sites excluding steroid dienone is 1. The topological polar surface area (TPSA) is 3.24 Å². The fraction of sp³-hybridized carbons (Fsp3) is 0.800. The number of nitrogens with zero attached hydrogens (tertiary/aromatic N) is 1. The first-order valence-corrected chi connectivity index (χ1v) is 4.69. The molecule has 0 aliphatic carbocycles. The summed E-state index contributed by atoms with van der Waals surface area (Å²) in [4.78, 5) is 2.42. The molecule has 64 valence electrons. The van der Waals surface area contributed by atoms with Crippen LogP contribution >= 0.6 is 0 Å². The second-order valence-corrected chi connectivity index (χ2v) is 3.41. The van der Waals surface area contributed by atoms with E-state index in [-0.39, 0.29) is 0 Å². The van der Waals surface area contributed by atoms with E-state index in [1.807, 2.05) is 0 Å². The molecule has 0 fully saturated rings. The maximum atomic E-state index is 2.43. The molecule has 11 heavy (non-hydrogen) atoms. The van der Waals surface area contributed by atoms with Gasteiger partial charge in [-0.25, -0.2) is 0 Å². The molecular formula is C10H19N. The summed E-state index contributed by atoms with van der Waals surface area (Å²) < 4.78 is 0. The smallest absolute Gasteiger partial charge is 0.00130 e. The van der Waals surface area contributed by atoms with Gasteiger partial charge in [-0.2, -0.15) is 0 Å². The van der Waals surface area contributed by atoms with Crippen molar-refractivity contribution in [1.82, 2.24) is 4.90 Å². The largest absolute Gasteiger partial charge is 0.306 e. The Labute approximate surface area is 70.1 Å². The van der Waals surface area contributed by atoms with Gasteiger partial charge in [-0.15, -0.1) is 0 Å². The molecule has 1 heteroatoms. The van der Waals surface area contributed by atoms with Crippen LogP contribution in [0.25, 0.3) is 0 Å². The SMILES string of the molecule is CC/C1=C/CCN(C)CCC1. The average Bonchev–Trinajstić information content (AvgIpc) is 1.96. The first kappa shape index (κ1) is 8.79. The lowest BCUT2D eigenvalue weighted by Gasteiger charge is -2.18. The Morgan fingerprint density at radius 2 is 2.27 bits per heavy atom. The molecule has 0 bridgehead atoms. The quantitative estimate of drug-likeness (QED) is 0.523. The van der Waals surface area contributed by atoms with Crippen LogP contribution in [0.1, 0.15) is 32.6 Å². The van der Waals surface area contributed by atoms with Crippen LogP contribution in [0.3, 0.4) is 0 Å².